The molecule has 1 aromatic carbocycles. The summed E-state index contributed by atoms with van der Waals surface area (Å²) in [6.45, 7) is 1.35. The van der Waals surface area contributed by atoms with E-state index in [4.69, 9.17) is 10.5 Å². The Morgan fingerprint density at radius 3 is 2.93 bits per heavy atom. The highest BCUT2D eigenvalue weighted by Gasteiger charge is 2.02. The standard InChI is InChI=1S/C10H13N3O.ClH/c1-14-9-2-3-10-8(6-9)7-12-13(10)5-4-11;/h2-3,6-7H,4-5,11H2,1H3;1H. The number of nitrogens with zero attached hydrogens (tertiary/aromatic N) is 2. The Balaban J connectivity index is 0.00000112. The van der Waals surface area contributed by atoms with E-state index in [1.165, 1.54) is 0 Å². The third-order valence-corrected chi connectivity index (χ3v) is 2.19. The van der Waals surface area contributed by atoms with Crippen LogP contribution in [0.4, 0.5) is 0 Å². The molecule has 0 amide bonds. The molecule has 0 aliphatic rings. The molecule has 0 unspecified atom stereocenters. The average Bonchev–Trinajstić information content (AvgIpc) is 2.61. The van der Waals surface area contributed by atoms with E-state index >= 15 is 0 Å². The van der Waals surface area contributed by atoms with Gasteiger partial charge in [-0.2, -0.15) is 5.10 Å². The first-order chi connectivity index (χ1) is 6.85. The summed E-state index contributed by atoms with van der Waals surface area (Å²) in [7, 11) is 1.66. The number of rotatable bonds is 3. The van der Waals surface area contributed by atoms with Crippen molar-refractivity contribution in [2.75, 3.05) is 13.7 Å². The molecular weight excluding hydrogens is 214 g/mol. The highest BCUT2D eigenvalue weighted by molar-refractivity contribution is 5.85. The third kappa shape index (κ3) is 2.22. The van der Waals surface area contributed by atoms with E-state index in [-0.39, 0.29) is 12.4 Å². The first-order valence-electron chi connectivity index (χ1n) is 4.55. The molecule has 0 aliphatic carbocycles. The van der Waals surface area contributed by atoms with Crippen LogP contribution in [0, 0.1) is 0 Å². The monoisotopic (exact) mass is 227 g/mol. The summed E-state index contributed by atoms with van der Waals surface area (Å²) in [6.07, 6.45) is 1.83. The molecule has 2 N–H and O–H groups in total. The van der Waals surface area contributed by atoms with Gasteiger partial charge in [-0.1, -0.05) is 0 Å². The zero-order valence-corrected chi connectivity index (χ0v) is 9.33. The minimum atomic E-state index is 0. The number of fused-ring (bicyclic) bond motifs is 1. The van der Waals surface area contributed by atoms with Gasteiger partial charge in [0.1, 0.15) is 5.75 Å². The van der Waals surface area contributed by atoms with E-state index in [9.17, 15) is 0 Å². The maximum atomic E-state index is 5.48. The van der Waals surface area contributed by atoms with Crippen molar-refractivity contribution in [1.82, 2.24) is 9.78 Å². The van der Waals surface area contributed by atoms with Crippen LogP contribution in [-0.4, -0.2) is 23.4 Å². The molecule has 1 heterocycles. The van der Waals surface area contributed by atoms with Crippen LogP contribution < -0.4 is 10.5 Å². The number of ether oxygens (including phenoxy) is 1. The van der Waals surface area contributed by atoms with E-state index in [1.54, 1.807) is 7.11 Å². The lowest BCUT2D eigenvalue weighted by Gasteiger charge is -2.02. The van der Waals surface area contributed by atoms with Crippen molar-refractivity contribution < 1.29 is 4.74 Å². The van der Waals surface area contributed by atoms with E-state index in [0.29, 0.717) is 6.54 Å². The number of halogens is 1. The minimum Gasteiger partial charge on any atom is -0.497 e. The molecule has 4 nitrogen and oxygen atoms in total. The van der Waals surface area contributed by atoms with Crippen molar-refractivity contribution >= 4 is 23.3 Å². The molecule has 1 aromatic heterocycles. The topological polar surface area (TPSA) is 53.1 Å². The van der Waals surface area contributed by atoms with Crippen LogP contribution in [0.5, 0.6) is 5.75 Å². The first-order valence-corrected chi connectivity index (χ1v) is 4.55. The van der Waals surface area contributed by atoms with Gasteiger partial charge < -0.3 is 10.5 Å². The van der Waals surface area contributed by atoms with E-state index < -0.39 is 0 Å². The Morgan fingerprint density at radius 1 is 1.47 bits per heavy atom. The third-order valence-electron chi connectivity index (χ3n) is 2.19. The fourth-order valence-electron chi connectivity index (χ4n) is 1.49. The Morgan fingerprint density at radius 2 is 2.27 bits per heavy atom. The number of nitrogens with two attached hydrogens (primary N) is 1. The molecule has 0 atom stereocenters. The van der Waals surface area contributed by atoms with Gasteiger partial charge in [0.2, 0.25) is 0 Å². The number of hydrogen-bond acceptors (Lipinski definition) is 3. The predicted molar refractivity (Wildman–Crippen MR) is 62.6 cm³/mol. The molecular formula is C10H14ClN3O. The average molecular weight is 228 g/mol. The first kappa shape index (κ1) is 11.8. The maximum Gasteiger partial charge on any atom is 0.119 e. The SMILES string of the molecule is COc1ccc2c(cnn2CCN)c1.Cl. The highest BCUT2D eigenvalue weighted by atomic mass is 35.5. The van der Waals surface area contributed by atoms with Crippen LogP contribution in [0.25, 0.3) is 10.9 Å². The summed E-state index contributed by atoms with van der Waals surface area (Å²) >= 11 is 0. The molecule has 2 rings (SSSR count). The Labute approximate surface area is 94.4 Å². The zero-order chi connectivity index (χ0) is 9.97. The van der Waals surface area contributed by atoms with Crippen molar-refractivity contribution in [3.63, 3.8) is 0 Å². The number of benzene rings is 1. The summed E-state index contributed by atoms with van der Waals surface area (Å²) in [6, 6.07) is 5.89. The second-order valence-corrected chi connectivity index (χ2v) is 3.08. The fraction of sp³-hybridized carbons (Fsp3) is 0.300. The molecule has 82 valence electrons. The summed E-state index contributed by atoms with van der Waals surface area (Å²) in [5, 5.41) is 5.32. The maximum absolute atomic E-state index is 5.48. The van der Waals surface area contributed by atoms with Gasteiger partial charge in [-0.3, -0.25) is 4.68 Å². The van der Waals surface area contributed by atoms with Crippen molar-refractivity contribution in [3.8, 4) is 5.75 Å². The van der Waals surface area contributed by atoms with Crippen molar-refractivity contribution in [1.29, 1.82) is 0 Å². The highest BCUT2D eigenvalue weighted by Crippen LogP contribution is 2.19. The van der Waals surface area contributed by atoms with Crippen molar-refractivity contribution in [3.05, 3.63) is 24.4 Å². The fourth-order valence-corrected chi connectivity index (χ4v) is 1.49. The lowest BCUT2D eigenvalue weighted by molar-refractivity contribution is 0.415. The van der Waals surface area contributed by atoms with Crippen LogP contribution in [-0.2, 0) is 6.54 Å². The van der Waals surface area contributed by atoms with Gasteiger partial charge in [0.25, 0.3) is 0 Å². The molecule has 0 saturated heterocycles. The predicted octanol–water partition coefficient (Wildman–Crippen LogP) is 1.43. The molecule has 5 heteroatoms. The van der Waals surface area contributed by atoms with Gasteiger partial charge in [0.15, 0.2) is 0 Å². The van der Waals surface area contributed by atoms with Gasteiger partial charge in [-0.25, -0.2) is 0 Å². The second-order valence-electron chi connectivity index (χ2n) is 3.08. The van der Waals surface area contributed by atoms with Crippen LogP contribution in [0.1, 0.15) is 0 Å². The van der Waals surface area contributed by atoms with Gasteiger partial charge in [-0.05, 0) is 18.2 Å². The molecule has 0 aliphatic heterocycles. The molecule has 0 fully saturated rings. The molecule has 2 aromatic rings. The quantitative estimate of drug-likeness (QED) is 0.863. The Hall–Kier alpha value is -1.26. The normalized spacial score (nSPS) is 10.0. The largest absolute Gasteiger partial charge is 0.497 e. The zero-order valence-electron chi connectivity index (χ0n) is 8.51. The van der Waals surface area contributed by atoms with E-state index in [0.717, 1.165) is 23.2 Å². The summed E-state index contributed by atoms with van der Waals surface area (Å²) in [4.78, 5) is 0. The van der Waals surface area contributed by atoms with Crippen LogP contribution in [0.15, 0.2) is 24.4 Å². The van der Waals surface area contributed by atoms with E-state index in [1.807, 2.05) is 29.1 Å². The van der Waals surface area contributed by atoms with E-state index in [2.05, 4.69) is 5.10 Å². The van der Waals surface area contributed by atoms with Crippen LogP contribution in [0.2, 0.25) is 0 Å². The van der Waals surface area contributed by atoms with Crippen LogP contribution >= 0.6 is 12.4 Å². The number of hydrogen-bond donors (Lipinski definition) is 1. The molecule has 0 spiro atoms. The van der Waals surface area contributed by atoms with Crippen molar-refractivity contribution in [2.45, 2.75) is 6.54 Å². The molecule has 0 radical (unpaired) electrons. The molecule has 15 heavy (non-hydrogen) atoms. The summed E-state index contributed by atoms with van der Waals surface area (Å²) < 4.78 is 7.03. The van der Waals surface area contributed by atoms with Gasteiger partial charge in [0, 0.05) is 11.9 Å². The van der Waals surface area contributed by atoms with Crippen LogP contribution in [0.3, 0.4) is 0 Å². The Kier molecular flexibility index (Phi) is 3.94. The molecule has 0 bridgehead atoms. The van der Waals surface area contributed by atoms with Crippen molar-refractivity contribution in [2.24, 2.45) is 5.73 Å². The lowest BCUT2D eigenvalue weighted by atomic mass is 10.2. The molecule has 0 saturated carbocycles. The van der Waals surface area contributed by atoms with Gasteiger partial charge >= 0.3 is 0 Å². The Bertz CT molecular complexity index is 441. The number of aromatic nitrogens is 2. The number of methoxy groups -OCH3 is 1. The lowest BCUT2D eigenvalue weighted by Crippen LogP contribution is -2.10. The smallest absolute Gasteiger partial charge is 0.119 e. The van der Waals surface area contributed by atoms with Gasteiger partial charge in [0.05, 0.1) is 25.4 Å². The summed E-state index contributed by atoms with van der Waals surface area (Å²) in [5.74, 6) is 0.852. The second kappa shape index (κ2) is 5.00. The van der Waals surface area contributed by atoms with Gasteiger partial charge in [-0.15, -0.1) is 12.4 Å². The summed E-state index contributed by atoms with van der Waals surface area (Å²) in [5.41, 5.74) is 6.58. The minimum absolute atomic E-state index is 0.